The minimum absolute atomic E-state index is 0.116. The molecule has 0 spiro atoms. The molecule has 0 aliphatic carbocycles. The van der Waals surface area contributed by atoms with Gasteiger partial charge >= 0.3 is 5.69 Å². The maximum Gasteiger partial charge on any atom is 0.329 e. The molecule has 1 N–H and O–H groups in total. The highest BCUT2D eigenvalue weighted by Crippen LogP contribution is 2.37. The van der Waals surface area contributed by atoms with E-state index in [0.29, 0.717) is 42.0 Å². The van der Waals surface area contributed by atoms with E-state index in [1.54, 1.807) is 21.3 Å². The zero-order chi connectivity index (χ0) is 20.4. The summed E-state index contributed by atoms with van der Waals surface area (Å²) in [6.07, 6.45) is 0.927. The van der Waals surface area contributed by atoms with Crippen LogP contribution in [0.2, 0.25) is 5.02 Å². The highest BCUT2D eigenvalue weighted by atomic mass is 35.5. The van der Waals surface area contributed by atoms with Crippen molar-refractivity contribution < 1.29 is 14.3 Å². The van der Waals surface area contributed by atoms with E-state index in [1.807, 2.05) is 31.2 Å². The smallest absolute Gasteiger partial charge is 0.329 e. The highest BCUT2D eigenvalue weighted by Gasteiger charge is 2.17. The molecule has 2 aromatic carbocycles. The normalized spacial score (nSPS) is 13.3. The minimum Gasteiger partial charge on any atom is -0.490 e. The lowest BCUT2D eigenvalue weighted by Crippen LogP contribution is -2.25. The van der Waals surface area contributed by atoms with Gasteiger partial charge in [0.15, 0.2) is 11.5 Å². The first-order valence-electron chi connectivity index (χ1n) is 9.65. The van der Waals surface area contributed by atoms with Crippen molar-refractivity contribution in [2.24, 2.45) is 0 Å². The van der Waals surface area contributed by atoms with Crippen molar-refractivity contribution in [3.05, 3.63) is 51.9 Å². The molecule has 3 aromatic rings. The fourth-order valence-electron chi connectivity index (χ4n) is 3.50. The summed E-state index contributed by atoms with van der Waals surface area (Å²) >= 11 is 6.29. The van der Waals surface area contributed by atoms with E-state index in [-0.39, 0.29) is 24.6 Å². The number of aryl methyl sites for hydroxylation is 2. The number of fused-ring (bicyclic) bond motifs is 2. The zero-order valence-electron chi connectivity index (χ0n) is 16.1. The Balaban J connectivity index is 1.50. The quantitative estimate of drug-likeness (QED) is 0.690. The third-order valence-electron chi connectivity index (χ3n) is 4.92. The topological polar surface area (TPSA) is 74.5 Å². The molecule has 0 radical (unpaired) electrons. The van der Waals surface area contributed by atoms with Crippen molar-refractivity contribution in [3.8, 4) is 11.5 Å². The Hall–Kier alpha value is -2.93. The highest BCUT2D eigenvalue weighted by molar-refractivity contribution is 6.34. The third kappa shape index (κ3) is 3.82. The second-order valence-electron chi connectivity index (χ2n) is 6.79. The van der Waals surface area contributed by atoms with Gasteiger partial charge in [-0.15, -0.1) is 0 Å². The number of ether oxygens (including phenoxy) is 2. The van der Waals surface area contributed by atoms with Crippen molar-refractivity contribution >= 4 is 34.2 Å². The minimum atomic E-state index is -0.235. The summed E-state index contributed by atoms with van der Waals surface area (Å²) in [6.45, 7) is 3.89. The van der Waals surface area contributed by atoms with E-state index in [2.05, 4.69) is 5.32 Å². The number of hydrogen-bond donors (Lipinski definition) is 1. The molecule has 0 fully saturated rings. The zero-order valence-corrected chi connectivity index (χ0v) is 16.9. The Kier molecular flexibility index (Phi) is 5.49. The lowest BCUT2D eigenvalue weighted by atomic mass is 10.2. The summed E-state index contributed by atoms with van der Waals surface area (Å²) in [5, 5.41) is 3.19. The maximum absolute atomic E-state index is 12.7. The van der Waals surface area contributed by atoms with Gasteiger partial charge in [-0.3, -0.25) is 13.9 Å². The molecule has 1 aliphatic rings. The van der Waals surface area contributed by atoms with Crippen LogP contribution >= 0.6 is 11.6 Å². The SMILES string of the molecule is CCn1c(=O)n(CCC(=O)Nc2cc3c(cc2Cl)OCCCO3)c2ccccc21. The summed E-state index contributed by atoms with van der Waals surface area (Å²) < 4.78 is 14.6. The number of rotatable bonds is 5. The summed E-state index contributed by atoms with van der Waals surface area (Å²) in [5.74, 6) is 0.899. The van der Waals surface area contributed by atoms with E-state index in [1.165, 1.54) is 0 Å². The first-order valence-corrected chi connectivity index (χ1v) is 10.0. The average Bonchev–Trinajstić information content (AvgIpc) is 2.83. The largest absolute Gasteiger partial charge is 0.490 e. The van der Waals surface area contributed by atoms with Crippen LogP contribution in [-0.4, -0.2) is 28.3 Å². The number of amides is 1. The van der Waals surface area contributed by atoms with Gasteiger partial charge in [-0.1, -0.05) is 23.7 Å². The van der Waals surface area contributed by atoms with Gasteiger partial charge in [0.25, 0.3) is 0 Å². The van der Waals surface area contributed by atoms with Crippen LogP contribution in [0.1, 0.15) is 19.8 Å². The molecular weight excluding hydrogens is 394 g/mol. The van der Waals surface area contributed by atoms with Crippen LogP contribution < -0.4 is 20.5 Å². The number of carbonyl (C=O) groups is 1. The van der Waals surface area contributed by atoms with Gasteiger partial charge in [0.05, 0.1) is 35.0 Å². The van der Waals surface area contributed by atoms with Crippen LogP contribution in [0.5, 0.6) is 11.5 Å². The molecular formula is C21H22ClN3O4. The number of imidazole rings is 1. The molecule has 1 amide bonds. The number of carbonyl (C=O) groups excluding carboxylic acids is 1. The van der Waals surface area contributed by atoms with E-state index >= 15 is 0 Å². The molecule has 0 unspecified atom stereocenters. The van der Waals surface area contributed by atoms with Gasteiger partial charge in [0.2, 0.25) is 5.91 Å². The van der Waals surface area contributed by atoms with Crippen molar-refractivity contribution in [1.29, 1.82) is 0 Å². The van der Waals surface area contributed by atoms with Crippen molar-refractivity contribution in [1.82, 2.24) is 9.13 Å². The van der Waals surface area contributed by atoms with Gasteiger partial charge < -0.3 is 14.8 Å². The standard InChI is InChI=1S/C21H22ClN3O4/c1-2-24-16-6-3-4-7-17(16)25(21(24)27)9-8-20(26)23-15-13-19-18(12-14(15)22)28-10-5-11-29-19/h3-4,6-7,12-13H,2,5,8-11H2,1H3,(H,23,26). The molecule has 29 heavy (non-hydrogen) atoms. The van der Waals surface area contributed by atoms with E-state index in [0.717, 1.165) is 17.5 Å². The van der Waals surface area contributed by atoms with Crippen LogP contribution in [-0.2, 0) is 17.9 Å². The number of aromatic nitrogens is 2. The van der Waals surface area contributed by atoms with Crippen LogP contribution in [0.25, 0.3) is 11.0 Å². The summed E-state index contributed by atoms with van der Waals surface area (Å²) in [5.41, 5.74) is 2.03. The van der Waals surface area contributed by atoms with E-state index in [4.69, 9.17) is 21.1 Å². The van der Waals surface area contributed by atoms with Crippen LogP contribution in [0, 0.1) is 0 Å². The number of anilines is 1. The number of benzene rings is 2. The fraction of sp³-hybridized carbons (Fsp3) is 0.333. The first-order chi connectivity index (χ1) is 14.1. The first kappa shape index (κ1) is 19.4. The van der Waals surface area contributed by atoms with E-state index in [9.17, 15) is 9.59 Å². The molecule has 0 saturated carbocycles. The lowest BCUT2D eigenvalue weighted by Gasteiger charge is -2.12. The van der Waals surface area contributed by atoms with Crippen LogP contribution in [0.3, 0.4) is 0 Å². The number of hydrogen-bond acceptors (Lipinski definition) is 4. The lowest BCUT2D eigenvalue weighted by molar-refractivity contribution is -0.116. The average molecular weight is 416 g/mol. The Bertz CT molecular complexity index is 1120. The summed E-state index contributed by atoms with van der Waals surface area (Å²) in [7, 11) is 0. The van der Waals surface area contributed by atoms with E-state index < -0.39 is 0 Å². The molecule has 0 bridgehead atoms. The number of nitrogens with zero attached hydrogens (tertiary/aromatic N) is 2. The molecule has 2 heterocycles. The second-order valence-corrected chi connectivity index (χ2v) is 7.20. The predicted octanol–water partition coefficient (Wildman–Crippen LogP) is 3.67. The van der Waals surface area contributed by atoms with Crippen LogP contribution in [0.4, 0.5) is 5.69 Å². The Labute approximate surface area is 172 Å². The van der Waals surface area contributed by atoms with Crippen molar-refractivity contribution in [2.75, 3.05) is 18.5 Å². The predicted molar refractivity (Wildman–Crippen MR) is 112 cm³/mol. The van der Waals surface area contributed by atoms with Gasteiger partial charge in [-0.2, -0.15) is 0 Å². The third-order valence-corrected chi connectivity index (χ3v) is 5.23. The van der Waals surface area contributed by atoms with Gasteiger partial charge in [-0.25, -0.2) is 4.79 Å². The van der Waals surface area contributed by atoms with Crippen molar-refractivity contribution in [3.63, 3.8) is 0 Å². The molecule has 0 saturated heterocycles. The number of nitrogens with one attached hydrogen (secondary N) is 1. The monoisotopic (exact) mass is 415 g/mol. The van der Waals surface area contributed by atoms with Gasteiger partial charge in [-0.05, 0) is 19.1 Å². The molecule has 1 aliphatic heterocycles. The second kappa shape index (κ2) is 8.21. The number of halogens is 1. The number of para-hydroxylation sites is 2. The summed E-state index contributed by atoms with van der Waals surface area (Å²) in [4.78, 5) is 25.2. The Morgan fingerprint density at radius 1 is 1.10 bits per heavy atom. The Morgan fingerprint density at radius 3 is 2.45 bits per heavy atom. The molecule has 7 nitrogen and oxygen atoms in total. The summed E-state index contributed by atoms with van der Waals surface area (Å²) in [6, 6.07) is 10.9. The van der Waals surface area contributed by atoms with Gasteiger partial charge in [0, 0.05) is 38.1 Å². The van der Waals surface area contributed by atoms with Gasteiger partial charge in [0.1, 0.15) is 0 Å². The molecule has 4 rings (SSSR count). The van der Waals surface area contributed by atoms with Crippen LogP contribution in [0.15, 0.2) is 41.2 Å². The Morgan fingerprint density at radius 2 is 1.76 bits per heavy atom. The molecule has 152 valence electrons. The molecule has 8 heteroatoms. The van der Waals surface area contributed by atoms with Crippen molar-refractivity contribution in [2.45, 2.75) is 32.9 Å². The molecule has 1 aromatic heterocycles. The molecule has 0 atom stereocenters. The fourth-order valence-corrected chi connectivity index (χ4v) is 3.70. The maximum atomic E-state index is 12.7.